The Labute approximate surface area is 103 Å². The number of hydrogen-bond donors (Lipinski definition) is 0. The number of ketones is 1. The van der Waals surface area contributed by atoms with E-state index in [9.17, 15) is 4.79 Å². The maximum Gasteiger partial charge on any atom is 0.165 e. The van der Waals surface area contributed by atoms with E-state index in [1.807, 2.05) is 30.3 Å². The van der Waals surface area contributed by atoms with Gasteiger partial charge in [0.15, 0.2) is 5.78 Å². The quantitative estimate of drug-likeness (QED) is 0.697. The average molecular weight is 228 g/mol. The summed E-state index contributed by atoms with van der Waals surface area (Å²) in [7, 11) is 0. The molecular formula is C16H20O. The zero-order chi connectivity index (χ0) is 11.7. The molecule has 0 radical (unpaired) electrons. The van der Waals surface area contributed by atoms with Gasteiger partial charge >= 0.3 is 0 Å². The molecule has 0 heterocycles. The Hall–Kier alpha value is -1.11. The third kappa shape index (κ3) is 2.29. The highest BCUT2D eigenvalue weighted by atomic mass is 16.1. The van der Waals surface area contributed by atoms with Gasteiger partial charge in [-0.3, -0.25) is 4.79 Å². The Morgan fingerprint density at radius 2 is 1.59 bits per heavy atom. The largest absolute Gasteiger partial charge is 0.294 e. The summed E-state index contributed by atoms with van der Waals surface area (Å²) in [4.78, 5) is 12.4. The van der Waals surface area contributed by atoms with Crippen molar-refractivity contribution in [1.82, 2.24) is 0 Å². The maximum atomic E-state index is 12.4. The van der Waals surface area contributed by atoms with Crippen molar-refractivity contribution < 1.29 is 4.79 Å². The monoisotopic (exact) mass is 228 g/mol. The average Bonchev–Trinajstić information content (AvgIpc) is 2.38. The first-order valence-corrected chi connectivity index (χ1v) is 6.92. The molecule has 2 aliphatic carbocycles. The van der Waals surface area contributed by atoms with Gasteiger partial charge in [-0.05, 0) is 31.1 Å². The van der Waals surface area contributed by atoms with Crippen molar-refractivity contribution in [3.63, 3.8) is 0 Å². The lowest BCUT2D eigenvalue weighted by Crippen LogP contribution is -2.31. The molecule has 0 spiro atoms. The lowest BCUT2D eigenvalue weighted by molar-refractivity contribution is 0.0758. The number of carbonyl (C=O) groups is 1. The van der Waals surface area contributed by atoms with Crippen LogP contribution in [0.2, 0.25) is 0 Å². The van der Waals surface area contributed by atoms with Crippen LogP contribution in [0.4, 0.5) is 0 Å². The Balaban J connectivity index is 1.74. The van der Waals surface area contributed by atoms with Gasteiger partial charge in [0.2, 0.25) is 0 Å². The highest BCUT2D eigenvalue weighted by Gasteiger charge is 2.35. The summed E-state index contributed by atoms with van der Waals surface area (Å²) in [6, 6.07) is 9.85. The minimum atomic E-state index is 0.307. The zero-order valence-electron chi connectivity index (χ0n) is 10.3. The van der Waals surface area contributed by atoms with E-state index in [1.165, 1.54) is 25.7 Å². The van der Waals surface area contributed by atoms with Gasteiger partial charge in [0, 0.05) is 11.5 Å². The Bertz CT molecular complexity index is 383. The van der Waals surface area contributed by atoms with Gasteiger partial charge < -0.3 is 0 Å². The van der Waals surface area contributed by atoms with Crippen LogP contribution in [0.15, 0.2) is 30.3 Å². The molecule has 1 aromatic rings. The molecule has 1 nitrogen and oxygen atoms in total. The van der Waals surface area contributed by atoms with Crippen LogP contribution in [0, 0.1) is 17.8 Å². The first-order valence-electron chi connectivity index (χ1n) is 6.92. The Morgan fingerprint density at radius 3 is 2.24 bits per heavy atom. The minimum Gasteiger partial charge on any atom is -0.294 e. The van der Waals surface area contributed by atoms with Gasteiger partial charge in [-0.1, -0.05) is 49.6 Å². The zero-order valence-corrected chi connectivity index (χ0v) is 10.3. The van der Waals surface area contributed by atoms with E-state index in [0.717, 1.165) is 30.2 Å². The molecule has 1 unspecified atom stereocenters. The van der Waals surface area contributed by atoms with Crippen LogP contribution in [0.25, 0.3) is 0 Å². The second-order valence-electron chi connectivity index (χ2n) is 5.80. The van der Waals surface area contributed by atoms with Crippen molar-refractivity contribution in [3.05, 3.63) is 35.9 Å². The molecule has 0 N–H and O–H groups in total. The molecule has 2 bridgehead atoms. The molecule has 1 heteroatoms. The Kier molecular flexibility index (Phi) is 3.00. The molecule has 0 aliphatic heterocycles. The maximum absolute atomic E-state index is 12.4. The normalized spacial score (nSPS) is 32.1. The molecule has 2 fully saturated rings. The first-order chi connectivity index (χ1) is 8.33. The van der Waals surface area contributed by atoms with E-state index in [1.54, 1.807) is 0 Å². The molecule has 90 valence electrons. The van der Waals surface area contributed by atoms with Crippen LogP contribution in [0.3, 0.4) is 0 Å². The predicted octanol–water partition coefficient (Wildman–Crippen LogP) is 4.09. The van der Waals surface area contributed by atoms with E-state index >= 15 is 0 Å². The SMILES string of the molecule is O=C(c1ccccc1)C1C[C@H]2CCC[C@@H](C1)C2. The van der Waals surface area contributed by atoms with Crippen molar-refractivity contribution in [2.24, 2.45) is 17.8 Å². The molecule has 1 aromatic carbocycles. The third-order valence-electron chi connectivity index (χ3n) is 4.56. The fourth-order valence-electron chi connectivity index (χ4n) is 3.78. The number of rotatable bonds is 2. The Morgan fingerprint density at radius 1 is 0.941 bits per heavy atom. The van der Waals surface area contributed by atoms with E-state index in [4.69, 9.17) is 0 Å². The summed E-state index contributed by atoms with van der Waals surface area (Å²) >= 11 is 0. The van der Waals surface area contributed by atoms with Crippen LogP contribution >= 0.6 is 0 Å². The summed E-state index contributed by atoms with van der Waals surface area (Å²) < 4.78 is 0. The van der Waals surface area contributed by atoms with Crippen molar-refractivity contribution in [1.29, 1.82) is 0 Å². The fraction of sp³-hybridized carbons (Fsp3) is 0.562. The van der Waals surface area contributed by atoms with Crippen molar-refractivity contribution >= 4 is 5.78 Å². The smallest absolute Gasteiger partial charge is 0.165 e. The molecule has 17 heavy (non-hydrogen) atoms. The summed E-state index contributed by atoms with van der Waals surface area (Å²) in [5, 5.41) is 0. The minimum absolute atomic E-state index is 0.307. The van der Waals surface area contributed by atoms with Gasteiger partial charge in [0.25, 0.3) is 0 Å². The van der Waals surface area contributed by atoms with Crippen LogP contribution < -0.4 is 0 Å². The first kappa shape index (κ1) is 11.0. The summed E-state index contributed by atoms with van der Waals surface area (Å²) in [6.07, 6.45) is 7.78. The lowest BCUT2D eigenvalue weighted by Gasteiger charge is -2.38. The standard InChI is InChI=1S/C16H20O/c17-16(14-7-2-1-3-8-14)15-10-12-5-4-6-13(9-12)11-15/h1-3,7-8,12-13,15H,4-6,9-11H2/t12-,13+,15?. The molecule has 0 aromatic heterocycles. The number of fused-ring (bicyclic) bond motifs is 2. The van der Waals surface area contributed by atoms with E-state index in [0.29, 0.717) is 11.7 Å². The molecule has 3 rings (SSSR count). The molecule has 3 atom stereocenters. The fourth-order valence-corrected chi connectivity index (χ4v) is 3.78. The van der Waals surface area contributed by atoms with E-state index in [2.05, 4.69) is 0 Å². The number of Topliss-reactive ketones (excluding diaryl/α,β-unsaturated/α-hetero) is 1. The molecule has 0 amide bonds. The highest BCUT2D eigenvalue weighted by molar-refractivity contribution is 5.97. The summed E-state index contributed by atoms with van der Waals surface area (Å²) in [6.45, 7) is 0. The molecule has 0 saturated heterocycles. The van der Waals surface area contributed by atoms with E-state index in [-0.39, 0.29) is 0 Å². The highest BCUT2D eigenvalue weighted by Crippen LogP contribution is 2.43. The topological polar surface area (TPSA) is 17.1 Å². The molecule has 2 aliphatic rings. The van der Waals surface area contributed by atoms with Gasteiger partial charge in [-0.15, -0.1) is 0 Å². The van der Waals surface area contributed by atoms with Crippen LogP contribution in [-0.4, -0.2) is 5.78 Å². The second-order valence-corrected chi connectivity index (χ2v) is 5.80. The number of benzene rings is 1. The third-order valence-corrected chi connectivity index (χ3v) is 4.56. The number of hydrogen-bond acceptors (Lipinski definition) is 1. The van der Waals surface area contributed by atoms with Gasteiger partial charge in [0.05, 0.1) is 0 Å². The lowest BCUT2D eigenvalue weighted by atomic mass is 9.66. The van der Waals surface area contributed by atoms with Gasteiger partial charge in [-0.2, -0.15) is 0 Å². The van der Waals surface area contributed by atoms with Crippen LogP contribution in [-0.2, 0) is 0 Å². The molecule has 2 saturated carbocycles. The van der Waals surface area contributed by atoms with Crippen molar-refractivity contribution in [2.45, 2.75) is 38.5 Å². The van der Waals surface area contributed by atoms with Crippen molar-refractivity contribution in [2.75, 3.05) is 0 Å². The predicted molar refractivity (Wildman–Crippen MR) is 68.9 cm³/mol. The van der Waals surface area contributed by atoms with E-state index < -0.39 is 0 Å². The van der Waals surface area contributed by atoms with Crippen LogP contribution in [0.5, 0.6) is 0 Å². The summed E-state index contributed by atoms with van der Waals surface area (Å²) in [5.74, 6) is 2.36. The molecular weight excluding hydrogens is 208 g/mol. The van der Waals surface area contributed by atoms with Gasteiger partial charge in [0.1, 0.15) is 0 Å². The number of carbonyl (C=O) groups excluding carboxylic acids is 1. The van der Waals surface area contributed by atoms with Gasteiger partial charge in [-0.25, -0.2) is 0 Å². The summed E-state index contributed by atoms with van der Waals surface area (Å²) in [5.41, 5.74) is 0.914. The van der Waals surface area contributed by atoms with Crippen LogP contribution in [0.1, 0.15) is 48.9 Å². The second kappa shape index (κ2) is 4.64. The van der Waals surface area contributed by atoms with Crippen molar-refractivity contribution in [3.8, 4) is 0 Å².